The maximum Gasteiger partial charge on any atom is 0.267 e. The molecule has 2 rings (SSSR count). The predicted molar refractivity (Wildman–Crippen MR) is 104 cm³/mol. The maximum atomic E-state index is 11.2. The first-order valence-corrected chi connectivity index (χ1v) is 9.16. The van der Waals surface area contributed by atoms with Crippen LogP contribution in [0.1, 0.15) is 58.0 Å². The van der Waals surface area contributed by atoms with Crippen molar-refractivity contribution in [1.82, 2.24) is 19.8 Å². The summed E-state index contributed by atoms with van der Waals surface area (Å²) >= 11 is 0. The Balaban J connectivity index is 2.48. The molecule has 142 valence electrons. The predicted octanol–water partition coefficient (Wildman–Crippen LogP) is 3.38. The highest BCUT2D eigenvalue weighted by atomic mass is 16.5. The van der Waals surface area contributed by atoms with Crippen molar-refractivity contribution in [3.8, 4) is 0 Å². The van der Waals surface area contributed by atoms with E-state index >= 15 is 0 Å². The Bertz CT molecular complexity index is 787. The van der Waals surface area contributed by atoms with Gasteiger partial charge in [0.15, 0.2) is 0 Å². The van der Waals surface area contributed by atoms with Crippen LogP contribution in [0.25, 0.3) is 11.7 Å². The van der Waals surface area contributed by atoms with E-state index in [0.29, 0.717) is 0 Å². The fourth-order valence-corrected chi connectivity index (χ4v) is 3.05. The van der Waals surface area contributed by atoms with Crippen LogP contribution in [-0.4, -0.2) is 38.5 Å². The van der Waals surface area contributed by atoms with E-state index in [1.165, 1.54) is 11.8 Å². The van der Waals surface area contributed by atoms with Gasteiger partial charge in [-0.2, -0.15) is 0 Å². The SMILES string of the molecule is CCCN(CC)Cc1c(C(C)(C)C)nc2cc(C=CC(=O)NO)ccn12. The average Bonchev–Trinajstić information content (AvgIpc) is 2.97. The third kappa shape index (κ3) is 4.71. The zero-order valence-corrected chi connectivity index (χ0v) is 16.4. The zero-order chi connectivity index (χ0) is 19.3. The van der Waals surface area contributed by atoms with E-state index in [1.54, 1.807) is 11.6 Å². The van der Waals surface area contributed by atoms with E-state index < -0.39 is 5.91 Å². The fourth-order valence-electron chi connectivity index (χ4n) is 3.05. The van der Waals surface area contributed by atoms with Crippen LogP contribution >= 0.6 is 0 Å². The average molecular weight is 358 g/mol. The molecule has 26 heavy (non-hydrogen) atoms. The van der Waals surface area contributed by atoms with Gasteiger partial charge >= 0.3 is 0 Å². The van der Waals surface area contributed by atoms with E-state index in [0.717, 1.165) is 43.0 Å². The molecule has 0 aromatic carbocycles. The summed E-state index contributed by atoms with van der Waals surface area (Å²) in [7, 11) is 0. The van der Waals surface area contributed by atoms with Gasteiger partial charge in [-0.1, -0.05) is 34.6 Å². The lowest BCUT2D eigenvalue weighted by Gasteiger charge is -2.23. The van der Waals surface area contributed by atoms with Gasteiger partial charge in [0, 0.05) is 24.2 Å². The van der Waals surface area contributed by atoms with Crippen molar-refractivity contribution in [2.45, 2.75) is 53.0 Å². The van der Waals surface area contributed by atoms with Crippen LogP contribution in [-0.2, 0) is 16.8 Å². The Morgan fingerprint density at radius 2 is 2.12 bits per heavy atom. The van der Waals surface area contributed by atoms with Crippen molar-refractivity contribution < 1.29 is 10.0 Å². The molecule has 1 amide bonds. The number of amides is 1. The van der Waals surface area contributed by atoms with Crippen LogP contribution < -0.4 is 5.48 Å². The van der Waals surface area contributed by atoms with E-state index in [9.17, 15) is 4.79 Å². The minimum Gasteiger partial charge on any atom is -0.302 e. The van der Waals surface area contributed by atoms with E-state index in [4.69, 9.17) is 10.2 Å². The number of hydrogen-bond acceptors (Lipinski definition) is 4. The van der Waals surface area contributed by atoms with Gasteiger partial charge in [-0.05, 0) is 43.3 Å². The van der Waals surface area contributed by atoms with Crippen LogP contribution in [0.15, 0.2) is 24.4 Å². The van der Waals surface area contributed by atoms with Crippen LogP contribution in [0.5, 0.6) is 0 Å². The third-order valence-corrected chi connectivity index (χ3v) is 4.36. The Morgan fingerprint density at radius 3 is 2.69 bits per heavy atom. The smallest absolute Gasteiger partial charge is 0.267 e. The van der Waals surface area contributed by atoms with Crippen molar-refractivity contribution in [2.24, 2.45) is 0 Å². The molecule has 0 radical (unpaired) electrons. The molecule has 0 bridgehead atoms. The van der Waals surface area contributed by atoms with Crippen molar-refractivity contribution >= 4 is 17.6 Å². The summed E-state index contributed by atoms with van der Waals surface area (Å²) in [6.45, 7) is 13.8. The molecule has 0 unspecified atom stereocenters. The molecule has 0 fully saturated rings. The molecule has 6 heteroatoms. The maximum absolute atomic E-state index is 11.2. The van der Waals surface area contributed by atoms with Gasteiger partial charge in [0.1, 0.15) is 5.65 Å². The number of nitrogens with zero attached hydrogens (tertiary/aromatic N) is 3. The second kappa shape index (κ2) is 8.47. The molecule has 2 heterocycles. The number of nitrogens with one attached hydrogen (secondary N) is 1. The van der Waals surface area contributed by atoms with Crippen LogP contribution in [0, 0.1) is 0 Å². The molecule has 0 atom stereocenters. The second-order valence-corrected chi connectivity index (χ2v) is 7.52. The molecule has 0 spiro atoms. The standard InChI is InChI=1S/C20H30N4O2/c1-6-11-23(7-2)14-16-19(20(3,4)5)21-17-13-15(10-12-24(16)17)8-9-18(25)22-26/h8-10,12-13,26H,6-7,11,14H2,1-5H3,(H,22,25). The molecule has 0 saturated carbocycles. The summed E-state index contributed by atoms with van der Waals surface area (Å²) in [5.41, 5.74) is 5.58. The number of imidazole rings is 1. The summed E-state index contributed by atoms with van der Waals surface area (Å²) in [5.74, 6) is -0.553. The first-order chi connectivity index (χ1) is 12.3. The zero-order valence-electron chi connectivity index (χ0n) is 16.4. The van der Waals surface area contributed by atoms with Gasteiger partial charge < -0.3 is 4.40 Å². The summed E-state index contributed by atoms with van der Waals surface area (Å²) in [5, 5.41) is 8.59. The van der Waals surface area contributed by atoms with Crippen molar-refractivity contribution in [3.05, 3.63) is 41.4 Å². The largest absolute Gasteiger partial charge is 0.302 e. The topological polar surface area (TPSA) is 69.9 Å². The quantitative estimate of drug-likeness (QED) is 0.452. The molecule has 0 aliphatic carbocycles. The molecule has 0 aliphatic heterocycles. The minimum atomic E-state index is -0.553. The molecule has 0 aliphatic rings. The molecule has 2 aromatic heterocycles. The summed E-state index contributed by atoms with van der Waals surface area (Å²) in [6.07, 6.45) is 6.08. The number of aromatic nitrogens is 2. The lowest BCUT2D eigenvalue weighted by atomic mass is 9.90. The summed E-state index contributed by atoms with van der Waals surface area (Å²) < 4.78 is 2.14. The number of carbonyl (C=O) groups is 1. The lowest BCUT2D eigenvalue weighted by molar-refractivity contribution is -0.124. The number of fused-ring (bicyclic) bond motifs is 1. The number of hydroxylamine groups is 1. The first kappa shape index (κ1) is 20.1. The Kier molecular flexibility index (Phi) is 6.56. The number of pyridine rings is 1. The molecule has 0 saturated heterocycles. The van der Waals surface area contributed by atoms with E-state index in [1.807, 2.05) is 18.3 Å². The highest BCUT2D eigenvalue weighted by molar-refractivity contribution is 5.90. The molecule has 6 nitrogen and oxygen atoms in total. The molecule has 2 aromatic rings. The van der Waals surface area contributed by atoms with Crippen molar-refractivity contribution in [3.63, 3.8) is 0 Å². The third-order valence-electron chi connectivity index (χ3n) is 4.36. The second-order valence-electron chi connectivity index (χ2n) is 7.52. The van der Waals surface area contributed by atoms with Gasteiger partial charge in [0.25, 0.3) is 5.91 Å². The highest BCUT2D eigenvalue weighted by Gasteiger charge is 2.24. The van der Waals surface area contributed by atoms with Gasteiger partial charge in [0.05, 0.1) is 11.4 Å². The number of rotatable bonds is 7. The normalized spacial score (nSPS) is 12.4. The molecular formula is C20H30N4O2. The van der Waals surface area contributed by atoms with Gasteiger partial charge in [-0.25, -0.2) is 10.5 Å². The molecule has 2 N–H and O–H groups in total. The summed E-state index contributed by atoms with van der Waals surface area (Å²) in [6, 6.07) is 3.90. The molecular weight excluding hydrogens is 328 g/mol. The Labute approximate surface area is 155 Å². The van der Waals surface area contributed by atoms with Crippen LogP contribution in [0.4, 0.5) is 0 Å². The minimum absolute atomic E-state index is 0.0558. The van der Waals surface area contributed by atoms with Gasteiger partial charge in [0.2, 0.25) is 0 Å². The van der Waals surface area contributed by atoms with Crippen LogP contribution in [0.2, 0.25) is 0 Å². The summed E-state index contributed by atoms with van der Waals surface area (Å²) in [4.78, 5) is 18.5. The van der Waals surface area contributed by atoms with E-state index in [2.05, 4.69) is 43.9 Å². The highest BCUT2D eigenvalue weighted by Crippen LogP contribution is 2.28. The van der Waals surface area contributed by atoms with E-state index in [-0.39, 0.29) is 5.41 Å². The van der Waals surface area contributed by atoms with Crippen LogP contribution in [0.3, 0.4) is 0 Å². The number of carbonyl (C=O) groups excluding carboxylic acids is 1. The first-order valence-electron chi connectivity index (χ1n) is 9.16. The van der Waals surface area contributed by atoms with Gasteiger partial charge in [-0.15, -0.1) is 0 Å². The number of hydrogen-bond donors (Lipinski definition) is 2. The van der Waals surface area contributed by atoms with Crippen molar-refractivity contribution in [2.75, 3.05) is 13.1 Å². The Morgan fingerprint density at radius 1 is 1.38 bits per heavy atom. The fraction of sp³-hybridized carbons (Fsp3) is 0.500. The van der Waals surface area contributed by atoms with Crippen molar-refractivity contribution in [1.29, 1.82) is 0 Å². The monoisotopic (exact) mass is 358 g/mol. The Hall–Kier alpha value is -2.18. The lowest BCUT2D eigenvalue weighted by Crippen LogP contribution is -2.26. The van der Waals surface area contributed by atoms with Gasteiger partial charge in [-0.3, -0.25) is 14.9 Å².